The monoisotopic (exact) mass is 354 g/mol. The van der Waals surface area contributed by atoms with Crippen molar-refractivity contribution in [1.29, 1.82) is 0 Å². The van der Waals surface area contributed by atoms with Crippen LogP contribution in [0.1, 0.15) is 40.5 Å². The van der Waals surface area contributed by atoms with E-state index in [1.807, 2.05) is 24.3 Å². The van der Waals surface area contributed by atoms with Crippen LogP contribution >= 0.6 is 0 Å². The van der Waals surface area contributed by atoms with E-state index < -0.39 is 35.9 Å². The number of hydrazine groups is 1. The third-order valence-corrected chi connectivity index (χ3v) is 3.52. The number of hydrogen-bond donors (Lipinski definition) is 5. The molecule has 142 valence electrons. The Hall–Kier alpha value is -1.74. The molecule has 8 nitrogen and oxygen atoms in total. The molecule has 2 unspecified atom stereocenters. The standard InChI is InChI=1S/C17H30N4O4/c1-11(19-16(24)25-17(2,3)4)14(22)20-21-15(23)13(18)10-12-8-6-5-7-9-12/h5-8,11-13,16,19,24H,9-10,18H2,1-4H3,(H,20,22)(H,21,23)/t11-,12?,13-,16?/m0/s1. The van der Waals surface area contributed by atoms with Gasteiger partial charge < -0.3 is 15.6 Å². The number of carbonyl (C=O) groups is 2. The van der Waals surface area contributed by atoms with Gasteiger partial charge in [-0.05, 0) is 46.5 Å². The van der Waals surface area contributed by atoms with Gasteiger partial charge >= 0.3 is 0 Å². The molecule has 1 aliphatic carbocycles. The zero-order valence-corrected chi connectivity index (χ0v) is 15.3. The molecule has 6 N–H and O–H groups in total. The Kier molecular flexibility index (Phi) is 8.24. The molecule has 0 saturated heterocycles. The molecule has 0 saturated carbocycles. The number of ether oxygens (including phenoxy) is 1. The maximum atomic E-state index is 12.0. The van der Waals surface area contributed by atoms with Gasteiger partial charge in [0, 0.05) is 0 Å². The quantitative estimate of drug-likeness (QED) is 0.325. The van der Waals surface area contributed by atoms with E-state index in [2.05, 4.69) is 16.2 Å². The molecular formula is C17H30N4O4. The highest BCUT2D eigenvalue weighted by Crippen LogP contribution is 2.16. The van der Waals surface area contributed by atoms with Crippen LogP contribution in [0.25, 0.3) is 0 Å². The lowest BCUT2D eigenvalue weighted by atomic mass is 9.93. The summed E-state index contributed by atoms with van der Waals surface area (Å²) in [5.74, 6) is -0.765. The summed E-state index contributed by atoms with van der Waals surface area (Å²) in [6, 6.07) is -1.50. The van der Waals surface area contributed by atoms with Crippen LogP contribution in [0.2, 0.25) is 0 Å². The summed E-state index contributed by atoms with van der Waals surface area (Å²) >= 11 is 0. The van der Waals surface area contributed by atoms with Crippen LogP contribution < -0.4 is 21.9 Å². The first-order chi connectivity index (χ1) is 11.6. The second kappa shape index (κ2) is 9.67. The zero-order chi connectivity index (χ0) is 19.0. The molecule has 0 spiro atoms. The first-order valence-electron chi connectivity index (χ1n) is 8.39. The minimum absolute atomic E-state index is 0.215. The van der Waals surface area contributed by atoms with Crippen LogP contribution in [0.5, 0.6) is 0 Å². The maximum Gasteiger partial charge on any atom is 0.255 e. The molecule has 25 heavy (non-hydrogen) atoms. The van der Waals surface area contributed by atoms with Gasteiger partial charge in [-0.15, -0.1) is 0 Å². The summed E-state index contributed by atoms with van der Waals surface area (Å²) in [6.45, 7) is 6.88. The molecular weight excluding hydrogens is 324 g/mol. The summed E-state index contributed by atoms with van der Waals surface area (Å²) in [5.41, 5.74) is 9.90. The van der Waals surface area contributed by atoms with Crippen molar-refractivity contribution >= 4 is 11.8 Å². The van der Waals surface area contributed by atoms with Crippen molar-refractivity contribution in [3.05, 3.63) is 24.3 Å². The van der Waals surface area contributed by atoms with E-state index in [0.29, 0.717) is 6.42 Å². The average molecular weight is 354 g/mol. The van der Waals surface area contributed by atoms with Crippen molar-refractivity contribution in [2.45, 2.75) is 64.6 Å². The van der Waals surface area contributed by atoms with Crippen molar-refractivity contribution < 1.29 is 19.4 Å². The van der Waals surface area contributed by atoms with Gasteiger partial charge in [0.2, 0.25) is 6.41 Å². The molecule has 0 heterocycles. The van der Waals surface area contributed by atoms with E-state index in [-0.39, 0.29) is 5.92 Å². The fourth-order valence-electron chi connectivity index (χ4n) is 2.22. The number of carbonyl (C=O) groups excluding carboxylic acids is 2. The number of allylic oxidation sites excluding steroid dienone is 4. The second-order valence-corrected chi connectivity index (χ2v) is 7.10. The Morgan fingerprint density at radius 3 is 2.48 bits per heavy atom. The first-order valence-corrected chi connectivity index (χ1v) is 8.39. The molecule has 0 aliphatic heterocycles. The molecule has 1 aliphatic rings. The van der Waals surface area contributed by atoms with Crippen molar-refractivity contribution in [2.75, 3.05) is 0 Å². The minimum Gasteiger partial charge on any atom is -0.356 e. The molecule has 2 amide bonds. The molecule has 8 heteroatoms. The number of rotatable bonds is 7. The number of aliphatic hydroxyl groups excluding tert-OH is 1. The van der Waals surface area contributed by atoms with Crippen molar-refractivity contribution in [3.8, 4) is 0 Å². The van der Waals surface area contributed by atoms with Gasteiger partial charge in [-0.2, -0.15) is 0 Å². The Labute approximate surface area is 148 Å². The topological polar surface area (TPSA) is 126 Å². The molecule has 0 aromatic carbocycles. The van der Waals surface area contributed by atoms with Gasteiger partial charge in [0.1, 0.15) is 0 Å². The van der Waals surface area contributed by atoms with Gasteiger partial charge in [0.25, 0.3) is 11.8 Å². The lowest BCUT2D eigenvalue weighted by molar-refractivity contribution is -0.186. The number of hydrogen-bond acceptors (Lipinski definition) is 6. The fraction of sp³-hybridized carbons (Fsp3) is 0.647. The van der Waals surface area contributed by atoms with Crippen LogP contribution in [0.4, 0.5) is 0 Å². The van der Waals surface area contributed by atoms with Crippen LogP contribution in [-0.4, -0.2) is 41.0 Å². The van der Waals surface area contributed by atoms with Gasteiger partial charge in [0.15, 0.2) is 0 Å². The van der Waals surface area contributed by atoms with E-state index in [1.54, 1.807) is 20.8 Å². The van der Waals surface area contributed by atoms with E-state index in [4.69, 9.17) is 10.5 Å². The summed E-state index contributed by atoms with van der Waals surface area (Å²) in [5, 5.41) is 12.3. The molecule has 0 aromatic rings. The zero-order valence-electron chi connectivity index (χ0n) is 15.3. The summed E-state index contributed by atoms with van der Waals surface area (Å²) in [4.78, 5) is 23.9. The van der Waals surface area contributed by atoms with E-state index in [0.717, 1.165) is 6.42 Å². The Bertz CT molecular complexity index is 513. The van der Waals surface area contributed by atoms with Gasteiger partial charge in [-0.25, -0.2) is 0 Å². The van der Waals surface area contributed by atoms with Crippen LogP contribution in [0, 0.1) is 5.92 Å². The number of amides is 2. The van der Waals surface area contributed by atoms with Crippen LogP contribution in [0.3, 0.4) is 0 Å². The fourth-order valence-corrected chi connectivity index (χ4v) is 2.22. The lowest BCUT2D eigenvalue weighted by Crippen LogP contribution is -2.55. The van der Waals surface area contributed by atoms with Crippen molar-refractivity contribution in [2.24, 2.45) is 11.7 Å². The lowest BCUT2D eigenvalue weighted by Gasteiger charge is -2.26. The molecule has 0 aromatic heterocycles. The van der Waals surface area contributed by atoms with Crippen LogP contribution in [-0.2, 0) is 14.3 Å². The summed E-state index contributed by atoms with van der Waals surface area (Å²) in [7, 11) is 0. The Morgan fingerprint density at radius 2 is 1.92 bits per heavy atom. The van der Waals surface area contributed by atoms with Crippen molar-refractivity contribution in [1.82, 2.24) is 16.2 Å². The van der Waals surface area contributed by atoms with Gasteiger partial charge in [-0.3, -0.25) is 25.8 Å². The second-order valence-electron chi connectivity index (χ2n) is 7.10. The first kappa shape index (κ1) is 21.3. The Morgan fingerprint density at radius 1 is 1.28 bits per heavy atom. The smallest absolute Gasteiger partial charge is 0.255 e. The molecule has 4 atom stereocenters. The van der Waals surface area contributed by atoms with Gasteiger partial charge in [-0.1, -0.05) is 24.3 Å². The summed E-state index contributed by atoms with van der Waals surface area (Å²) < 4.78 is 5.25. The highest BCUT2D eigenvalue weighted by Gasteiger charge is 2.23. The number of nitrogens with two attached hydrogens (primary N) is 1. The van der Waals surface area contributed by atoms with E-state index in [1.165, 1.54) is 6.92 Å². The largest absolute Gasteiger partial charge is 0.356 e. The molecule has 1 rings (SSSR count). The highest BCUT2D eigenvalue weighted by molar-refractivity contribution is 5.87. The number of nitrogens with one attached hydrogen (secondary N) is 3. The predicted molar refractivity (Wildman–Crippen MR) is 94.7 cm³/mol. The average Bonchev–Trinajstić information content (AvgIpc) is 2.51. The summed E-state index contributed by atoms with van der Waals surface area (Å²) in [6.07, 6.45) is 7.95. The van der Waals surface area contributed by atoms with E-state index in [9.17, 15) is 14.7 Å². The molecule has 0 bridgehead atoms. The molecule has 0 fully saturated rings. The predicted octanol–water partition coefficient (Wildman–Crippen LogP) is 0.0526. The van der Waals surface area contributed by atoms with Crippen LogP contribution in [0.15, 0.2) is 24.3 Å². The highest BCUT2D eigenvalue weighted by atomic mass is 16.6. The third kappa shape index (κ3) is 8.78. The van der Waals surface area contributed by atoms with Gasteiger partial charge in [0.05, 0.1) is 17.7 Å². The Balaban J connectivity index is 2.32. The maximum absolute atomic E-state index is 12.0. The normalized spacial score (nSPS) is 20.6. The third-order valence-electron chi connectivity index (χ3n) is 3.52. The SMILES string of the molecule is C[C@H](NC(O)OC(C)(C)C)C(=O)NNC(=O)[C@@H](N)CC1C=CC=CC1. The minimum atomic E-state index is -1.30. The van der Waals surface area contributed by atoms with E-state index >= 15 is 0 Å². The molecule has 0 radical (unpaired) electrons. The van der Waals surface area contributed by atoms with Crippen molar-refractivity contribution in [3.63, 3.8) is 0 Å². The number of aliphatic hydroxyl groups is 1.